The minimum absolute atomic E-state index is 0.521. The van der Waals surface area contributed by atoms with Gasteiger partial charge in [0.15, 0.2) is 11.5 Å². The van der Waals surface area contributed by atoms with Crippen molar-refractivity contribution in [2.24, 2.45) is 0 Å². The summed E-state index contributed by atoms with van der Waals surface area (Å²) in [6.45, 7) is 1.25. The lowest BCUT2D eigenvalue weighted by atomic mass is 10.2. The molecule has 0 unspecified atom stereocenters. The molecule has 0 atom stereocenters. The molecule has 0 bridgehead atoms. The Morgan fingerprint density at radius 2 is 2.14 bits per heavy atom. The fourth-order valence-corrected chi connectivity index (χ4v) is 2.32. The first-order chi connectivity index (χ1) is 10.2. The van der Waals surface area contributed by atoms with E-state index < -0.39 is 0 Å². The highest BCUT2D eigenvalue weighted by atomic mass is 35.5. The summed E-state index contributed by atoms with van der Waals surface area (Å²) < 4.78 is 11.2. The first-order valence-electron chi connectivity index (χ1n) is 6.77. The molecule has 1 aromatic carbocycles. The van der Waals surface area contributed by atoms with E-state index in [-0.39, 0.29) is 0 Å². The van der Waals surface area contributed by atoms with Crippen molar-refractivity contribution in [1.82, 2.24) is 10.3 Å². The SMILES string of the molecule is CNCc1cc(Cl)c(OCCc2cccnc2)c(OC)c1. The van der Waals surface area contributed by atoms with Crippen LogP contribution in [0.2, 0.25) is 5.02 Å². The number of halogens is 1. The van der Waals surface area contributed by atoms with Gasteiger partial charge in [-0.3, -0.25) is 4.98 Å². The Hall–Kier alpha value is -1.78. The van der Waals surface area contributed by atoms with Crippen LogP contribution in [-0.2, 0) is 13.0 Å². The molecular formula is C16H19ClN2O2. The van der Waals surface area contributed by atoms with E-state index in [1.807, 2.05) is 37.5 Å². The van der Waals surface area contributed by atoms with Crippen molar-refractivity contribution < 1.29 is 9.47 Å². The molecule has 0 fully saturated rings. The van der Waals surface area contributed by atoms with Crippen molar-refractivity contribution in [3.8, 4) is 11.5 Å². The number of nitrogens with one attached hydrogen (secondary N) is 1. The van der Waals surface area contributed by atoms with Gasteiger partial charge in [0.1, 0.15) is 0 Å². The van der Waals surface area contributed by atoms with E-state index in [9.17, 15) is 0 Å². The summed E-state index contributed by atoms with van der Waals surface area (Å²) in [6, 6.07) is 7.75. The van der Waals surface area contributed by atoms with E-state index in [4.69, 9.17) is 21.1 Å². The van der Waals surface area contributed by atoms with Gasteiger partial charge in [0.25, 0.3) is 0 Å². The second-order valence-corrected chi connectivity index (χ2v) is 5.01. The molecular weight excluding hydrogens is 288 g/mol. The Morgan fingerprint density at radius 1 is 1.29 bits per heavy atom. The molecule has 0 spiro atoms. The number of nitrogens with zero attached hydrogens (tertiary/aromatic N) is 1. The van der Waals surface area contributed by atoms with Gasteiger partial charge in [0.05, 0.1) is 18.7 Å². The van der Waals surface area contributed by atoms with Crippen LogP contribution in [0, 0.1) is 0 Å². The quantitative estimate of drug-likeness (QED) is 0.853. The molecule has 112 valence electrons. The number of rotatable bonds is 7. The van der Waals surface area contributed by atoms with Crippen molar-refractivity contribution in [3.63, 3.8) is 0 Å². The minimum Gasteiger partial charge on any atom is -0.493 e. The molecule has 0 aliphatic rings. The maximum Gasteiger partial charge on any atom is 0.179 e. The third-order valence-electron chi connectivity index (χ3n) is 3.03. The minimum atomic E-state index is 0.521. The number of benzene rings is 1. The lowest BCUT2D eigenvalue weighted by Gasteiger charge is -2.14. The Labute approximate surface area is 130 Å². The van der Waals surface area contributed by atoms with Crippen LogP contribution in [0.5, 0.6) is 11.5 Å². The first kappa shape index (κ1) is 15.6. The fraction of sp³-hybridized carbons (Fsp3) is 0.312. The van der Waals surface area contributed by atoms with Crippen LogP contribution in [0.15, 0.2) is 36.7 Å². The summed E-state index contributed by atoms with van der Waals surface area (Å²) in [4.78, 5) is 4.08. The number of hydrogen-bond donors (Lipinski definition) is 1. The van der Waals surface area contributed by atoms with Gasteiger partial charge in [-0.15, -0.1) is 0 Å². The van der Waals surface area contributed by atoms with Crippen molar-refractivity contribution in [2.75, 3.05) is 20.8 Å². The molecule has 0 aliphatic carbocycles. The lowest BCUT2D eigenvalue weighted by molar-refractivity contribution is 0.297. The largest absolute Gasteiger partial charge is 0.493 e. The van der Waals surface area contributed by atoms with Gasteiger partial charge in [0.2, 0.25) is 0 Å². The third-order valence-corrected chi connectivity index (χ3v) is 3.31. The normalized spacial score (nSPS) is 10.4. The van der Waals surface area contributed by atoms with E-state index in [0.29, 0.717) is 23.1 Å². The number of methoxy groups -OCH3 is 1. The third kappa shape index (κ3) is 4.34. The summed E-state index contributed by atoms with van der Waals surface area (Å²) in [5, 5.41) is 3.65. The topological polar surface area (TPSA) is 43.4 Å². The molecule has 1 aromatic heterocycles. The van der Waals surface area contributed by atoms with Crippen LogP contribution in [0.4, 0.5) is 0 Å². The highest BCUT2D eigenvalue weighted by Gasteiger charge is 2.11. The van der Waals surface area contributed by atoms with Gasteiger partial charge in [0, 0.05) is 25.4 Å². The van der Waals surface area contributed by atoms with E-state index in [1.165, 1.54) is 0 Å². The molecule has 2 rings (SSSR count). The van der Waals surface area contributed by atoms with Gasteiger partial charge >= 0.3 is 0 Å². The van der Waals surface area contributed by atoms with Crippen molar-refractivity contribution in [3.05, 3.63) is 52.8 Å². The van der Waals surface area contributed by atoms with Gasteiger partial charge < -0.3 is 14.8 Å². The molecule has 21 heavy (non-hydrogen) atoms. The molecule has 1 heterocycles. The molecule has 5 heteroatoms. The molecule has 2 aromatic rings. The Bertz CT molecular complexity index is 576. The fourth-order valence-electron chi connectivity index (χ4n) is 2.04. The second-order valence-electron chi connectivity index (χ2n) is 4.60. The highest BCUT2D eigenvalue weighted by Crippen LogP contribution is 2.36. The highest BCUT2D eigenvalue weighted by molar-refractivity contribution is 6.32. The maximum atomic E-state index is 6.29. The van der Waals surface area contributed by atoms with Crippen LogP contribution in [0.1, 0.15) is 11.1 Å². The number of pyridine rings is 1. The first-order valence-corrected chi connectivity index (χ1v) is 7.15. The van der Waals surface area contributed by atoms with Crippen LogP contribution in [0.3, 0.4) is 0 Å². The monoisotopic (exact) mass is 306 g/mol. The summed E-state index contributed by atoms with van der Waals surface area (Å²) >= 11 is 6.29. The molecule has 1 N–H and O–H groups in total. The number of hydrogen-bond acceptors (Lipinski definition) is 4. The zero-order chi connectivity index (χ0) is 15.1. The zero-order valence-electron chi connectivity index (χ0n) is 12.2. The zero-order valence-corrected chi connectivity index (χ0v) is 13.0. The molecule has 0 aliphatic heterocycles. The Morgan fingerprint density at radius 3 is 2.81 bits per heavy atom. The summed E-state index contributed by atoms with van der Waals surface area (Å²) in [5.74, 6) is 1.24. The van der Waals surface area contributed by atoms with Crippen LogP contribution in [-0.4, -0.2) is 25.7 Å². The molecule has 0 saturated heterocycles. The standard InChI is InChI=1S/C16H19ClN2O2/c1-18-10-13-8-14(17)16(15(9-13)20-2)21-7-5-12-4-3-6-19-11-12/h3-4,6,8-9,11,18H,5,7,10H2,1-2H3. The van der Waals surface area contributed by atoms with Gasteiger partial charge in [-0.2, -0.15) is 0 Å². The molecule has 0 amide bonds. The van der Waals surface area contributed by atoms with Crippen LogP contribution >= 0.6 is 11.6 Å². The van der Waals surface area contributed by atoms with Crippen molar-refractivity contribution in [2.45, 2.75) is 13.0 Å². The molecule has 4 nitrogen and oxygen atoms in total. The van der Waals surface area contributed by atoms with E-state index in [1.54, 1.807) is 13.3 Å². The van der Waals surface area contributed by atoms with Gasteiger partial charge in [-0.25, -0.2) is 0 Å². The van der Waals surface area contributed by atoms with Crippen LogP contribution in [0.25, 0.3) is 0 Å². The van der Waals surface area contributed by atoms with E-state index in [2.05, 4.69) is 10.3 Å². The van der Waals surface area contributed by atoms with Crippen molar-refractivity contribution >= 4 is 11.6 Å². The van der Waals surface area contributed by atoms with Crippen LogP contribution < -0.4 is 14.8 Å². The summed E-state index contributed by atoms with van der Waals surface area (Å²) in [6.07, 6.45) is 4.36. The average molecular weight is 307 g/mol. The van der Waals surface area contributed by atoms with Gasteiger partial charge in [-0.05, 0) is 36.4 Å². The summed E-state index contributed by atoms with van der Waals surface area (Å²) in [7, 11) is 3.50. The van der Waals surface area contributed by atoms with E-state index in [0.717, 1.165) is 24.1 Å². The smallest absolute Gasteiger partial charge is 0.179 e. The van der Waals surface area contributed by atoms with E-state index >= 15 is 0 Å². The predicted octanol–water partition coefficient (Wildman–Crippen LogP) is 3.08. The molecule has 0 radical (unpaired) electrons. The van der Waals surface area contributed by atoms with Gasteiger partial charge in [-0.1, -0.05) is 17.7 Å². The summed E-state index contributed by atoms with van der Waals surface area (Å²) in [5.41, 5.74) is 2.18. The van der Waals surface area contributed by atoms with Crippen molar-refractivity contribution in [1.29, 1.82) is 0 Å². The number of ether oxygens (including phenoxy) is 2. The lowest BCUT2D eigenvalue weighted by Crippen LogP contribution is -2.07. The Balaban J connectivity index is 2.05. The predicted molar refractivity (Wildman–Crippen MR) is 84.2 cm³/mol. The Kier molecular flexibility index (Phi) is 5.84. The number of aromatic nitrogens is 1. The maximum absolute atomic E-state index is 6.29. The average Bonchev–Trinajstić information content (AvgIpc) is 2.50. The molecule has 0 saturated carbocycles. The second kappa shape index (κ2) is 7.86.